The van der Waals surface area contributed by atoms with Crippen molar-refractivity contribution in [2.75, 3.05) is 6.54 Å². The molecule has 10 heteroatoms. The summed E-state index contributed by atoms with van der Waals surface area (Å²) in [7, 11) is -5.28. The number of aromatic nitrogens is 1. The monoisotopic (exact) mass is 321 g/mol. The van der Waals surface area contributed by atoms with Gasteiger partial charge in [0.25, 0.3) is 5.34 Å². The summed E-state index contributed by atoms with van der Waals surface area (Å²) in [6, 6.07) is 2.91. The van der Waals surface area contributed by atoms with Crippen LogP contribution in [0.2, 0.25) is 0 Å². The third kappa shape index (κ3) is 4.31. The molecule has 1 aromatic heterocycles. The minimum atomic E-state index is -5.28. The highest BCUT2D eigenvalue weighted by Gasteiger charge is 2.53. The van der Waals surface area contributed by atoms with Crippen molar-refractivity contribution < 1.29 is 39.0 Å². The van der Waals surface area contributed by atoms with E-state index in [2.05, 4.69) is 0 Å². The average molecular weight is 321 g/mol. The quantitative estimate of drug-likeness (QED) is 0.243. The predicted octanol–water partition coefficient (Wildman–Crippen LogP) is -2.21. The lowest BCUT2D eigenvalue weighted by molar-refractivity contribution is -0.703. The van der Waals surface area contributed by atoms with Crippen molar-refractivity contribution in [2.45, 2.75) is 24.4 Å². The lowest BCUT2D eigenvalue weighted by Crippen LogP contribution is -2.44. The van der Waals surface area contributed by atoms with E-state index in [9.17, 15) is 19.6 Å². The molecule has 0 saturated heterocycles. The second kappa shape index (κ2) is 6.61. The normalized spacial score (nSPS) is 16.2. The maximum absolute atomic E-state index is 11.2. The van der Waals surface area contributed by atoms with Crippen molar-refractivity contribution in [3.63, 3.8) is 0 Å². The first-order valence-corrected chi connectivity index (χ1v) is 7.59. The van der Waals surface area contributed by atoms with Crippen molar-refractivity contribution in [1.29, 1.82) is 0 Å². The number of carboxylic acid groups (broad SMARTS) is 1. The van der Waals surface area contributed by atoms with Crippen LogP contribution in [0.4, 0.5) is 0 Å². The predicted molar refractivity (Wildman–Crippen MR) is 70.0 cm³/mol. The largest absolute Gasteiger partial charge is 0.479 e. The number of aliphatic carboxylic acids is 1. The van der Waals surface area contributed by atoms with Crippen molar-refractivity contribution in [1.82, 2.24) is 0 Å². The molecular formula is C11H18N2O7P+. The number of hydrogen-bond donors (Lipinski definition) is 6. The Hall–Kier alpha value is -1.35. The molecule has 118 valence electrons. The summed E-state index contributed by atoms with van der Waals surface area (Å²) in [5, 5.41) is 24.9. The highest BCUT2D eigenvalue weighted by atomic mass is 31.2. The van der Waals surface area contributed by atoms with E-state index in [-0.39, 0.29) is 18.7 Å². The first kappa shape index (κ1) is 17.7. The molecule has 0 aliphatic carbocycles. The lowest BCUT2D eigenvalue weighted by Gasteiger charge is -2.23. The smallest absolute Gasteiger partial charge is 0.368 e. The molecule has 0 fully saturated rings. The van der Waals surface area contributed by atoms with E-state index in [0.29, 0.717) is 0 Å². The summed E-state index contributed by atoms with van der Waals surface area (Å²) < 4.78 is 12.7. The standard InChI is InChI=1S/C11H17N2O7P/c12-5-9(14)7-13-3-1-2-8(6-13)4-11(17,10(15)16)21(18,19)20/h1-3,6,9,14,17H,4-5,7,12H2,(H2-,15,16,18,19,20)/p+1. The molecule has 21 heavy (non-hydrogen) atoms. The fraction of sp³-hybridized carbons (Fsp3) is 0.455. The molecule has 0 bridgehead atoms. The maximum atomic E-state index is 11.2. The van der Waals surface area contributed by atoms with Gasteiger partial charge in [0, 0.05) is 24.6 Å². The molecule has 0 saturated carbocycles. The van der Waals surface area contributed by atoms with Gasteiger partial charge in [-0.25, -0.2) is 9.36 Å². The van der Waals surface area contributed by atoms with E-state index in [1.54, 1.807) is 6.20 Å². The lowest BCUT2D eigenvalue weighted by atomic mass is 10.1. The van der Waals surface area contributed by atoms with Crippen LogP contribution in [-0.2, 0) is 22.3 Å². The van der Waals surface area contributed by atoms with Gasteiger partial charge >= 0.3 is 13.6 Å². The zero-order valence-corrected chi connectivity index (χ0v) is 11.9. The van der Waals surface area contributed by atoms with E-state index < -0.39 is 31.4 Å². The van der Waals surface area contributed by atoms with E-state index >= 15 is 0 Å². The Morgan fingerprint density at radius 2 is 2.10 bits per heavy atom. The van der Waals surface area contributed by atoms with Gasteiger partial charge in [0.2, 0.25) is 0 Å². The number of hydrogen-bond acceptors (Lipinski definition) is 5. The molecular weight excluding hydrogens is 303 g/mol. The molecule has 0 amide bonds. The number of aliphatic hydroxyl groups excluding tert-OH is 1. The number of aliphatic hydroxyl groups is 2. The van der Waals surface area contributed by atoms with Gasteiger partial charge in [-0.15, -0.1) is 0 Å². The van der Waals surface area contributed by atoms with E-state index in [1.807, 2.05) is 0 Å². The molecule has 0 aromatic carbocycles. The third-order valence-corrected chi connectivity index (χ3v) is 4.20. The van der Waals surface area contributed by atoms with Crippen LogP contribution in [0, 0.1) is 0 Å². The molecule has 0 aliphatic heterocycles. The van der Waals surface area contributed by atoms with Crippen LogP contribution >= 0.6 is 7.60 Å². The van der Waals surface area contributed by atoms with Crippen LogP contribution in [0.15, 0.2) is 24.5 Å². The van der Waals surface area contributed by atoms with Gasteiger partial charge in [-0.1, -0.05) is 0 Å². The molecule has 0 radical (unpaired) electrons. The Bertz CT molecular complexity index is 561. The van der Waals surface area contributed by atoms with Gasteiger partial charge in [0.15, 0.2) is 18.9 Å². The number of nitrogens with two attached hydrogens (primary N) is 1. The highest BCUT2D eigenvalue weighted by Crippen LogP contribution is 2.50. The topological polar surface area (TPSA) is 165 Å². The summed E-state index contributed by atoms with van der Waals surface area (Å²) in [5.41, 5.74) is 5.46. The van der Waals surface area contributed by atoms with Gasteiger partial charge < -0.3 is 30.8 Å². The molecule has 2 atom stereocenters. The van der Waals surface area contributed by atoms with Crippen LogP contribution < -0.4 is 10.3 Å². The number of rotatable bonds is 7. The molecule has 0 aliphatic rings. The summed E-state index contributed by atoms with van der Waals surface area (Å²) in [5.74, 6) is -2.01. The number of carboxylic acids is 1. The fourth-order valence-electron chi connectivity index (χ4n) is 1.70. The Morgan fingerprint density at radius 1 is 1.48 bits per heavy atom. The van der Waals surface area contributed by atoms with Crippen LogP contribution in [0.3, 0.4) is 0 Å². The van der Waals surface area contributed by atoms with Crippen molar-refractivity contribution in [3.8, 4) is 0 Å². The zero-order chi connectivity index (χ0) is 16.3. The van der Waals surface area contributed by atoms with Crippen molar-refractivity contribution >= 4 is 13.6 Å². The maximum Gasteiger partial charge on any atom is 0.368 e. The highest BCUT2D eigenvalue weighted by molar-refractivity contribution is 7.54. The number of nitrogens with zero attached hydrogens (tertiary/aromatic N) is 1. The van der Waals surface area contributed by atoms with Gasteiger partial charge in [-0.05, 0) is 6.07 Å². The first-order chi connectivity index (χ1) is 9.60. The Kier molecular flexibility index (Phi) is 5.57. The van der Waals surface area contributed by atoms with Gasteiger partial charge in [-0.2, -0.15) is 0 Å². The second-order valence-electron chi connectivity index (χ2n) is 4.64. The average Bonchev–Trinajstić information content (AvgIpc) is 2.37. The van der Waals surface area contributed by atoms with Crippen LogP contribution in [0.5, 0.6) is 0 Å². The minimum absolute atomic E-state index is 0.0266. The van der Waals surface area contributed by atoms with Crippen LogP contribution in [0.25, 0.3) is 0 Å². The minimum Gasteiger partial charge on any atom is -0.479 e. The molecule has 1 heterocycles. The van der Waals surface area contributed by atoms with E-state index in [4.69, 9.17) is 20.6 Å². The molecule has 2 unspecified atom stereocenters. The summed E-state index contributed by atoms with van der Waals surface area (Å²) in [4.78, 5) is 29.1. The summed E-state index contributed by atoms with van der Waals surface area (Å²) in [6.45, 7) is 0.157. The van der Waals surface area contributed by atoms with Crippen LogP contribution in [0.1, 0.15) is 5.56 Å². The fourth-order valence-corrected chi connectivity index (χ4v) is 2.34. The molecule has 1 rings (SSSR count). The van der Waals surface area contributed by atoms with Crippen molar-refractivity contribution in [2.24, 2.45) is 5.73 Å². The van der Waals surface area contributed by atoms with Crippen molar-refractivity contribution in [3.05, 3.63) is 30.1 Å². The van der Waals surface area contributed by atoms with Gasteiger partial charge in [0.05, 0.1) is 0 Å². The summed E-state index contributed by atoms with van der Waals surface area (Å²) >= 11 is 0. The summed E-state index contributed by atoms with van der Waals surface area (Å²) in [6.07, 6.45) is 1.36. The Balaban J connectivity index is 3.04. The molecule has 9 nitrogen and oxygen atoms in total. The van der Waals surface area contributed by atoms with Gasteiger partial charge in [0.1, 0.15) is 6.10 Å². The Morgan fingerprint density at radius 3 is 2.57 bits per heavy atom. The molecule has 0 spiro atoms. The molecule has 1 aromatic rings. The number of carbonyl (C=O) groups is 1. The van der Waals surface area contributed by atoms with E-state index in [0.717, 1.165) is 0 Å². The Labute approximate surface area is 120 Å². The number of pyridine rings is 1. The second-order valence-corrected chi connectivity index (χ2v) is 6.47. The van der Waals surface area contributed by atoms with Crippen LogP contribution in [-0.4, -0.2) is 49.1 Å². The molecule has 7 N–H and O–H groups in total. The van der Waals surface area contributed by atoms with Gasteiger partial charge in [-0.3, -0.25) is 4.57 Å². The van der Waals surface area contributed by atoms with E-state index in [1.165, 1.54) is 22.9 Å². The zero-order valence-electron chi connectivity index (χ0n) is 11.0. The SMILES string of the molecule is NCC(O)C[n+]1cccc(CC(O)(C(=O)O)P(=O)(O)O)c1. The first-order valence-electron chi connectivity index (χ1n) is 5.97. The third-order valence-electron chi connectivity index (χ3n) is 2.89.